The molecule has 0 aromatic heterocycles. The Morgan fingerprint density at radius 2 is 1.83 bits per heavy atom. The standard InChI is InChI=1S/C15H20O2S/c1-11-7-9-12(10-8-11)18-14-6-4-2-3-5-13(14)15(16)17/h7-10,13-14H,2-6H2,1H3,(H,16,17). The fraction of sp³-hybridized carbons (Fsp3) is 0.533. The minimum absolute atomic E-state index is 0.182. The highest BCUT2D eigenvalue weighted by Crippen LogP contribution is 2.36. The fourth-order valence-electron chi connectivity index (χ4n) is 2.49. The summed E-state index contributed by atoms with van der Waals surface area (Å²) in [5, 5.41) is 9.57. The summed E-state index contributed by atoms with van der Waals surface area (Å²) in [5.41, 5.74) is 1.25. The van der Waals surface area contributed by atoms with E-state index in [-0.39, 0.29) is 11.2 Å². The van der Waals surface area contributed by atoms with Gasteiger partial charge >= 0.3 is 5.97 Å². The Hall–Kier alpha value is -0.960. The molecule has 1 aromatic rings. The molecule has 0 radical (unpaired) electrons. The van der Waals surface area contributed by atoms with Gasteiger partial charge in [0.05, 0.1) is 5.92 Å². The van der Waals surface area contributed by atoms with E-state index in [1.165, 1.54) is 16.9 Å². The fourth-order valence-corrected chi connectivity index (χ4v) is 3.83. The first kappa shape index (κ1) is 13.5. The molecule has 1 N–H and O–H groups in total. The molecule has 1 aliphatic carbocycles. The average molecular weight is 264 g/mol. The molecule has 1 fully saturated rings. The molecule has 2 atom stereocenters. The molecule has 18 heavy (non-hydrogen) atoms. The maximum atomic E-state index is 11.3. The number of carboxylic acids is 1. The van der Waals surface area contributed by atoms with Gasteiger partial charge in [0.2, 0.25) is 0 Å². The largest absolute Gasteiger partial charge is 0.481 e. The van der Waals surface area contributed by atoms with E-state index < -0.39 is 5.97 Å². The number of benzene rings is 1. The van der Waals surface area contributed by atoms with E-state index in [2.05, 4.69) is 31.2 Å². The van der Waals surface area contributed by atoms with E-state index in [4.69, 9.17) is 0 Å². The third-order valence-electron chi connectivity index (χ3n) is 3.58. The predicted octanol–water partition coefficient (Wildman–Crippen LogP) is 4.12. The van der Waals surface area contributed by atoms with Crippen molar-refractivity contribution in [2.45, 2.75) is 49.2 Å². The Balaban J connectivity index is 2.08. The van der Waals surface area contributed by atoms with Crippen molar-refractivity contribution in [3.05, 3.63) is 29.8 Å². The van der Waals surface area contributed by atoms with Crippen molar-refractivity contribution in [3.63, 3.8) is 0 Å². The van der Waals surface area contributed by atoms with Gasteiger partial charge in [-0.3, -0.25) is 4.79 Å². The highest BCUT2D eigenvalue weighted by Gasteiger charge is 2.30. The van der Waals surface area contributed by atoms with Crippen LogP contribution in [0.25, 0.3) is 0 Å². The van der Waals surface area contributed by atoms with Crippen molar-refractivity contribution in [1.82, 2.24) is 0 Å². The van der Waals surface area contributed by atoms with E-state index in [9.17, 15) is 9.90 Å². The van der Waals surface area contributed by atoms with Crippen molar-refractivity contribution in [3.8, 4) is 0 Å². The van der Waals surface area contributed by atoms with Crippen LogP contribution in [0.5, 0.6) is 0 Å². The van der Waals surface area contributed by atoms with E-state index in [1.807, 2.05) is 0 Å². The van der Waals surface area contributed by atoms with Crippen LogP contribution in [0.4, 0.5) is 0 Å². The second kappa shape index (κ2) is 6.28. The lowest BCUT2D eigenvalue weighted by Crippen LogP contribution is -2.24. The number of aryl methyl sites for hydroxylation is 1. The van der Waals surface area contributed by atoms with Crippen molar-refractivity contribution < 1.29 is 9.90 Å². The zero-order chi connectivity index (χ0) is 13.0. The highest BCUT2D eigenvalue weighted by atomic mass is 32.2. The lowest BCUT2D eigenvalue weighted by molar-refractivity contribution is -0.141. The van der Waals surface area contributed by atoms with Crippen molar-refractivity contribution >= 4 is 17.7 Å². The van der Waals surface area contributed by atoms with Crippen molar-refractivity contribution in [2.75, 3.05) is 0 Å². The first-order valence-electron chi connectivity index (χ1n) is 6.63. The van der Waals surface area contributed by atoms with E-state index in [0.717, 1.165) is 25.7 Å². The highest BCUT2D eigenvalue weighted by molar-refractivity contribution is 8.00. The number of rotatable bonds is 3. The lowest BCUT2D eigenvalue weighted by atomic mass is 10.0. The number of carbonyl (C=O) groups is 1. The number of carboxylic acid groups (broad SMARTS) is 1. The molecule has 1 saturated carbocycles. The third-order valence-corrected chi connectivity index (χ3v) is 4.99. The Labute approximate surface area is 113 Å². The van der Waals surface area contributed by atoms with Gasteiger partial charge in [-0.05, 0) is 31.9 Å². The molecule has 3 heteroatoms. The van der Waals surface area contributed by atoms with Gasteiger partial charge in [0.25, 0.3) is 0 Å². The zero-order valence-electron chi connectivity index (χ0n) is 10.8. The Morgan fingerprint density at radius 1 is 1.17 bits per heavy atom. The molecule has 1 aliphatic rings. The van der Waals surface area contributed by atoms with E-state index in [1.54, 1.807) is 11.8 Å². The summed E-state index contributed by atoms with van der Waals surface area (Å²) >= 11 is 1.74. The van der Waals surface area contributed by atoms with Crippen LogP contribution in [-0.2, 0) is 4.79 Å². The smallest absolute Gasteiger partial charge is 0.307 e. The second-order valence-corrected chi connectivity index (χ2v) is 6.36. The van der Waals surface area contributed by atoms with Crippen molar-refractivity contribution in [1.29, 1.82) is 0 Å². The molecule has 0 saturated heterocycles. The lowest BCUT2D eigenvalue weighted by Gasteiger charge is -2.21. The number of aliphatic carboxylic acids is 1. The number of hydrogen-bond donors (Lipinski definition) is 1. The summed E-state index contributed by atoms with van der Waals surface area (Å²) in [5.74, 6) is -0.805. The third kappa shape index (κ3) is 3.52. The summed E-state index contributed by atoms with van der Waals surface area (Å²) in [6.45, 7) is 2.07. The molecule has 0 bridgehead atoms. The molecule has 0 amide bonds. The average Bonchev–Trinajstić information content (AvgIpc) is 2.57. The first-order chi connectivity index (χ1) is 8.66. The van der Waals surface area contributed by atoms with Crippen LogP contribution in [0, 0.1) is 12.8 Å². The van der Waals surface area contributed by atoms with Gasteiger partial charge < -0.3 is 5.11 Å². The minimum atomic E-state index is -0.624. The topological polar surface area (TPSA) is 37.3 Å². The van der Waals surface area contributed by atoms with Gasteiger partial charge in [-0.25, -0.2) is 0 Å². The van der Waals surface area contributed by atoms with Crippen molar-refractivity contribution in [2.24, 2.45) is 5.92 Å². The van der Waals surface area contributed by atoms with Crippen LogP contribution in [0.2, 0.25) is 0 Å². The molecular formula is C15H20O2S. The molecule has 1 aromatic carbocycles. The van der Waals surface area contributed by atoms with Crippen LogP contribution >= 0.6 is 11.8 Å². The van der Waals surface area contributed by atoms with Gasteiger partial charge in [-0.15, -0.1) is 11.8 Å². The van der Waals surface area contributed by atoms with Gasteiger partial charge in [0.1, 0.15) is 0 Å². The zero-order valence-corrected chi connectivity index (χ0v) is 11.6. The quantitative estimate of drug-likeness (QED) is 0.834. The van der Waals surface area contributed by atoms with E-state index in [0.29, 0.717) is 0 Å². The Bertz CT molecular complexity index is 399. The maximum absolute atomic E-state index is 11.3. The van der Waals surface area contributed by atoms with Crippen LogP contribution in [-0.4, -0.2) is 16.3 Å². The minimum Gasteiger partial charge on any atom is -0.481 e. The summed E-state index contributed by atoms with van der Waals surface area (Å²) in [4.78, 5) is 12.5. The van der Waals surface area contributed by atoms with Gasteiger partial charge in [-0.2, -0.15) is 0 Å². The maximum Gasteiger partial charge on any atom is 0.307 e. The van der Waals surface area contributed by atoms with Crippen LogP contribution in [0.15, 0.2) is 29.2 Å². The first-order valence-corrected chi connectivity index (χ1v) is 7.51. The van der Waals surface area contributed by atoms with Gasteiger partial charge in [-0.1, -0.05) is 37.0 Å². The molecule has 2 rings (SSSR count). The second-order valence-electron chi connectivity index (χ2n) is 5.05. The van der Waals surface area contributed by atoms with Crippen LogP contribution in [0.1, 0.15) is 37.7 Å². The summed E-state index contributed by atoms with van der Waals surface area (Å²) in [7, 11) is 0. The summed E-state index contributed by atoms with van der Waals surface area (Å²) in [6, 6.07) is 8.39. The van der Waals surface area contributed by atoms with E-state index >= 15 is 0 Å². The normalized spacial score (nSPS) is 24.5. The predicted molar refractivity (Wildman–Crippen MR) is 75.0 cm³/mol. The van der Waals surface area contributed by atoms with Crippen LogP contribution in [0.3, 0.4) is 0 Å². The summed E-state index contributed by atoms with van der Waals surface area (Å²) < 4.78 is 0. The monoisotopic (exact) mass is 264 g/mol. The molecule has 0 heterocycles. The molecule has 2 nitrogen and oxygen atoms in total. The van der Waals surface area contributed by atoms with Crippen LogP contribution < -0.4 is 0 Å². The molecule has 0 aliphatic heterocycles. The number of thioether (sulfide) groups is 1. The Kier molecular flexibility index (Phi) is 4.70. The molecule has 2 unspecified atom stereocenters. The van der Waals surface area contributed by atoms with Gasteiger partial charge in [0.15, 0.2) is 0 Å². The SMILES string of the molecule is Cc1ccc(SC2CCCCCC2C(=O)O)cc1. The van der Waals surface area contributed by atoms with Gasteiger partial charge in [0, 0.05) is 10.1 Å². The molecular weight excluding hydrogens is 244 g/mol. The molecule has 98 valence electrons. The molecule has 0 spiro atoms. The number of hydrogen-bond acceptors (Lipinski definition) is 2. The Morgan fingerprint density at radius 3 is 2.50 bits per heavy atom. The summed E-state index contributed by atoms with van der Waals surface area (Å²) in [6.07, 6.45) is 5.25.